The first-order valence-electron chi connectivity index (χ1n) is 9.61. The first kappa shape index (κ1) is 22.4. The summed E-state index contributed by atoms with van der Waals surface area (Å²) in [7, 11) is 0. The number of carboxylic acids is 2. The van der Waals surface area contributed by atoms with Gasteiger partial charge < -0.3 is 26.6 Å². The van der Waals surface area contributed by atoms with Crippen molar-refractivity contribution in [3.8, 4) is 0 Å². The zero-order chi connectivity index (χ0) is 23.3. The summed E-state index contributed by atoms with van der Waals surface area (Å²) < 4.78 is 0. The average molecular weight is 443 g/mol. The number of nitrogen functional groups attached to an aromatic ring is 1. The van der Waals surface area contributed by atoms with Crippen molar-refractivity contribution in [1.82, 2.24) is 30.6 Å². The number of anilines is 1. The molecule has 0 radical (unpaired) electrons. The Bertz CT molecular complexity index is 1170. The van der Waals surface area contributed by atoms with Crippen LogP contribution < -0.4 is 21.9 Å². The second-order valence-electron chi connectivity index (χ2n) is 7.03. The number of carbonyl (C=O) groups is 3. The number of carboxylic acid groups (broad SMARTS) is 2. The standard InChI is InChI=1S/C19H21N7O6/c20-19-25-15-14(17(30)26-19)23-11(8-22-15)7-21-10-3-1-9(2-4-10)16(29)24-12(18(31)32)5-6-13(27)28/h1,3-4,8-9,12,21H,2,5-7H2,(H,24,29)(H,27,28)(H,31,32)(H3,20,22,25,26,30). The molecular weight excluding hydrogens is 422 g/mol. The van der Waals surface area contributed by atoms with E-state index in [1.165, 1.54) is 6.20 Å². The van der Waals surface area contributed by atoms with Gasteiger partial charge in [0.05, 0.1) is 24.4 Å². The van der Waals surface area contributed by atoms with Crippen LogP contribution in [-0.4, -0.2) is 54.0 Å². The van der Waals surface area contributed by atoms with Crippen molar-refractivity contribution < 1.29 is 24.6 Å². The third kappa shape index (κ3) is 5.65. The molecule has 2 heterocycles. The number of aromatic amines is 1. The third-order valence-electron chi connectivity index (χ3n) is 4.66. The highest BCUT2D eigenvalue weighted by Crippen LogP contribution is 2.16. The van der Waals surface area contributed by atoms with Crippen LogP contribution in [0.15, 0.2) is 34.9 Å². The zero-order valence-corrected chi connectivity index (χ0v) is 16.7. The molecule has 13 heteroatoms. The molecule has 32 heavy (non-hydrogen) atoms. The molecule has 3 rings (SSSR count). The van der Waals surface area contributed by atoms with Crippen LogP contribution in [-0.2, 0) is 20.9 Å². The number of fused-ring (bicyclic) bond motifs is 1. The largest absolute Gasteiger partial charge is 0.481 e. The molecule has 2 atom stereocenters. The van der Waals surface area contributed by atoms with Crippen molar-refractivity contribution in [2.45, 2.75) is 31.8 Å². The molecule has 0 saturated carbocycles. The Morgan fingerprint density at radius 1 is 1.28 bits per heavy atom. The Kier molecular flexibility index (Phi) is 6.77. The molecule has 1 aliphatic carbocycles. The Balaban J connectivity index is 1.55. The lowest BCUT2D eigenvalue weighted by molar-refractivity contribution is -0.143. The fourth-order valence-corrected chi connectivity index (χ4v) is 3.00. The summed E-state index contributed by atoms with van der Waals surface area (Å²) in [6, 6.07) is -1.27. The molecule has 0 aliphatic heterocycles. The van der Waals surface area contributed by atoms with Gasteiger partial charge in [-0.25, -0.2) is 14.8 Å². The van der Waals surface area contributed by atoms with Gasteiger partial charge in [-0.1, -0.05) is 12.2 Å². The third-order valence-corrected chi connectivity index (χ3v) is 4.66. The summed E-state index contributed by atoms with van der Waals surface area (Å²) in [5, 5.41) is 23.3. The molecule has 0 aromatic carbocycles. The molecular formula is C19H21N7O6. The minimum atomic E-state index is -1.29. The van der Waals surface area contributed by atoms with E-state index in [1.54, 1.807) is 18.2 Å². The summed E-state index contributed by atoms with van der Waals surface area (Å²) in [6.45, 7) is 0.260. The van der Waals surface area contributed by atoms with Crippen LogP contribution in [0.2, 0.25) is 0 Å². The number of hydrogen-bond acceptors (Lipinski definition) is 9. The lowest BCUT2D eigenvalue weighted by Gasteiger charge is -2.20. The van der Waals surface area contributed by atoms with Gasteiger partial charge in [0.25, 0.3) is 5.56 Å². The minimum Gasteiger partial charge on any atom is -0.481 e. The number of aliphatic carboxylic acids is 2. The molecule has 7 N–H and O–H groups in total. The first-order chi connectivity index (χ1) is 15.2. The summed E-state index contributed by atoms with van der Waals surface area (Å²) in [4.78, 5) is 60.7. The lowest BCUT2D eigenvalue weighted by atomic mass is 9.97. The summed E-state index contributed by atoms with van der Waals surface area (Å²) in [6.07, 6.45) is 6.28. The molecule has 2 aromatic rings. The number of H-pyrrole nitrogens is 1. The van der Waals surface area contributed by atoms with E-state index in [2.05, 4.69) is 30.6 Å². The van der Waals surface area contributed by atoms with E-state index in [0.29, 0.717) is 17.8 Å². The average Bonchev–Trinajstić information content (AvgIpc) is 2.75. The highest BCUT2D eigenvalue weighted by Gasteiger charge is 2.25. The summed E-state index contributed by atoms with van der Waals surface area (Å²) in [5.41, 5.74) is 6.40. The number of carbonyl (C=O) groups excluding carboxylic acids is 1. The molecule has 0 bridgehead atoms. The number of amides is 1. The van der Waals surface area contributed by atoms with Gasteiger partial charge >= 0.3 is 11.9 Å². The Morgan fingerprint density at radius 3 is 2.72 bits per heavy atom. The maximum absolute atomic E-state index is 12.3. The number of rotatable bonds is 9. The predicted molar refractivity (Wildman–Crippen MR) is 111 cm³/mol. The van der Waals surface area contributed by atoms with Gasteiger partial charge in [0.15, 0.2) is 11.2 Å². The van der Waals surface area contributed by atoms with Crippen LogP contribution in [0.25, 0.3) is 11.2 Å². The lowest BCUT2D eigenvalue weighted by Crippen LogP contribution is -2.43. The van der Waals surface area contributed by atoms with Gasteiger partial charge in [-0.3, -0.25) is 19.4 Å². The van der Waals surface area contributed by atoms with E-state index >= 15 is 0 Å². The molecule has 0 fully saturated rings. The van der Waals surface area contributed by atoms with E-state index in [-0.39, 0.29) is 36.5 Å². The quantitative estimate of drug-likeness (QED) is 0.284. The van der Waals surface area contributed by atoms with E-state index in [9.17, 15) is 19.2 Å². The van der Waals surface area contributed by atoms with Gasteiger partial charge in [0, 0.05) is 12.1 Å². The second-order valence-corrected chi connectivity index (χ2v) is 7.03. The monoisotopic (exact) mass is 443 g/mol. The minimum absolute atomic E-state index is 0.0460. The fourth-order valence-electron chi connectivity index (χ4n) is 3.00. The molecule has 2 unspecified atom stereocenters. The number of nitrogens with two attached hydrogens (primary N) is 1. The molecule has 13 nitrogen and oxygen atoms in total. The molecule has 0 saturated heterocycles. The van der Waals surface area contributed by atoms with E-state index in [0.717, 1.165) is 0 Å². The number of nitrogens with one attached hydrogen (secondary N) is 3. The zero-order valence-electron chi connectivity index (χ0n) is 16.7. The molecule has 2 aromatic heterocycles. The fraction of sp³-hybridized carbons (Fsp3) is 0.316. The number of allylic oxidation sites excluding steroid dienone is 2. The first-order valence-corrected chi connectivity index (χ1v) is 9.61. The number of nitrogens with zero attached hydrogens (tertiary/aromatic N) is 3. The Morgan fingerprint density at radius 2 is 2.06 bits per heavy atom. The van der Waals surface area contributed by atoms with Gasteiger partial charge in [-0.15, -0.1) is 0 Å². The van der Waals surface area contributed by atoms with Crippen molar-refractivity contribution in [2.24, 2.45) is 5.92 Å². The number of hydrogen-bond donors (Lipinski definition) is 6. The maximum atomic E-state index is 12.3. The van der Waals surface area contributed by atoms with Crippen LogP contribution in [0, 0.1) is 5.92 Å². The molecule has 1 amide bonds. The SMILES string of the molecule is Nc1nc2ncc(CNC3=CCC(C(=O)NC(CCC(=O)O)C(=O)O)C=C3)nc2c(=O)[nH]1. The van der Waals surface area contributed by atoms with E-state index < -0.39 is 35.4 Å². The number of aromatic nitrogens is 4. The van der Waals surface area contributed by atoms with Crippen molar-refractivity contribution >= 4 is 35.0 Å². The van der Waals surface area contributed by atoms with Crippen molar-refractivity contribution in [2.75, 3.05) is 5.73 Å². The maximum Gasteiger partial charge on any atom is 0.326 e. The van der Waals surface area contributed by atoms with Crippen molar-refractivity contribution in [1.29, 1.82) is 0 Å². The topological polar surface area (TPSA) is 213 Å². The normalized spacial score (nSPS) is 16.2. The van der Waals surface area contributed by atoms with E-state index in [1.807, 2.05) is 0 Å². The van der Waals surface area contributed by atoms with Crippen LogP contribution >= 0.6 is 0 Å². The summed E-state index contributed by atoms with van der Waals surface area (Å²) in [5.74, 6) is -3.55. The van der Waals surface area contributed by atoms with Crippen LogP contribution in [0.3, 0.4) is 0 Å². The van der Waals surface area contributed by atoms with Gasteiger partial charge in [0.2, 0.25) is 11.9 Å². The van der Waals surface area contributed by atoms with Crippen molar-refractivity contribution in [3.63, 3.8) is 0 Å². The van der Waals surface area contributed by atoms with E-state index in [4.69, 9.17) is 15.9 Å². The predicted octanol–water partition coefficient (Wildman–Crippen LogP) is -0.721. The Labute approximate surface area is 180 Å². The Hall–Kier alpha value is -4.29. The van der Waals surface area contributed by atoms with Crippen LogP contribution in [0.4, 0.5) is 5.95 Å². The second kappa shape index (κ2) is 9.68. The van der Waals surface area contributed by atoms with Gasteiger partial charge in [-0.2, -0.15) is 4.98 Å². The van der Waals surface area contributed by atoms with Crippen LogP contribution in [0.5, 0.6) is 0 Å². The van der Waals surface area contributed by atoms with Gasteiger partial charge in [-0.05, 0) is 18.9 Å². The highest BCUT2D eigenvalue weighted by atomic mass is 16.4. The molecule has 168 valence electrons. The van der Waals surface area contributed by atoms with Crippen LogP contribution in [0.1, 0.15) is 25.0 Å². The molecule has 1 aliphatic rings. The molecule has 0 spiro atoms. The van der Waals surface area contributed by atoms with Crippen molar-refractivity contribution in [3.05, 3.63) is 46.2 Å². The van der Waals surface area contributed by atoms with Gasteiger partial charge in [0.1, 0.15) is 6.04 Å². The highest BCUT2D eigenvalue weighted by molar-refractivity contribution is 5.86. The summed E-state index contributed by atoms with van der Waals surface area (Å²) >= 11 is 0. The smallest absolute Gasteiger partial charge is 0.326 e.